The molecule has 3 atom stereocenters. The number of methoxy groups -OCH3 is 1. The normalized spacial score (nSPS) is 13.6. The van der Waals surface area contributed by atoms with Crippen molar-refractivity contribution in [2.75, 3.05) is 13.7 Å². The van der Waals surface area contributed by atoms with Gasteiger partial charge in [0.15, 0.2) is 0 Å². The Balaban J connectivity index is 2.75. The van der Waals surface area contributed by atoms with Crippen molar-refractivity contribution in [1.29, 1.82) is 0 Å². The lowest BCUT2D eigenvalue weighted by Crippen LogP contribution is -2.51. The molecule has 0 saturated heterocycles. The first-order valence-electron chi connectivity index (χ1n) is 8.88. The lowest BCUT2D eigenvalue weighted by atomic mass is 10.2. The third kappa shape index (κ3) is 8.55. The Bertz CT molecular complexity index is 695. The molecule has 13 heteroatoms. The van der Waals surface area contributed by atoms with Gasteiger partial charge in [0.05, 0.1) is 44.0 Å². The van der Waals surface area contributed by atoms with Crippen LogP contribution in [0.3, 0.4) is 0 Å². The number of hydrogen-bond acceptors (Lipinski definition) is 9. The molecule has 0 aliphatic rings. The van der Waals surface area contributed by atoms with Gasteiger partial charge in [0, 0.05) is 0 Å². The zero-order chi connectivity index (χ0) is 21.8. The summed E-state index contributed by atoms with van der Waals surface area (Å²) in [5, 5.41) is 21.5. The quantitative estimate of drug-likeness (QED) is 0.229. The second kappa shape index (κ2) is 12.3. The molecule has 0 saturated carbocycles. The smallest absolute Gasteiger partial charge is 0.328 e. The number of ether oxygens (including phenoxy) is 2. The molecule has 1 rings (SSSR count). The van der Waals surface area contributed by atoms with E-state index < -0.39 is 36.1 Å². The van der Waals surface area contributed by atoms with Crippen LogP contribution in [0.15, 0.2) is 6.20 Å². The molecule has 0 fully saturated rings. The number of urea groups is 1. The van der Waals surface area contributed by atoms with E-state index in [-0.39, 0.29) is 31.7 Å². The summed E-state index contributed by atoms with van der Waals surface area (Å²) in [6.07, 6.45) is 2.17. The highest BCUT2D eigenvalue weighted by Gasteiger charge is 2.23. The van der Waals surface area contributed by atoms with E-state index in [1.54, 1.807) is 0 Å². The minimum Gasteiger partial charge on any atom is -0.481 e. The third-order valence-corrected chi connectivity index (χ3v) is 3.81. The van der Waals surface area contributed by atoms with E-state index in [4.69, 9.17) is 15.6 Å². The fraction of sp³-hybridized carbons (Fsp3) is 0.625. The number of amides is 2. The molecule has 1 heterocycles. The Hall–Kier alpha value is -3.22. The number of nitrogens with two attached hydrogens (primary N) is 1. The van der Waals surface area contributed by atoms with Gasteiger partial charge in [-0.15, -0.1) is 5.10 Å². The van der Waals surface area contributed by atoms with Crippen molar-refractivity contribution in [3.63, 3.8) is 0 Å². The predicted molar refractivity (Wildman–Crippen MR) is 97.4 cm³/mol. The Morgan fingerprint density at radius 2 is 2.10 bits per heavy atom. The second-order valence-corrected chi connectivity index (χ2v) is 6.18. The first kappa shape index (κ1) is 23.8. The maximum atomic E-state index is 12.2. The summed E-state index contributed by atoms with van der Waals surface area (Å²) < 4.78 is 10.7. The average molecular weight is 414 g/mol. The van der Waals surface area contributed by atoms with Gasteiger partial charge >= 0.3 is 18.0 Å². The number of carbonyl (C=O) groups is 4. The van der Waals surface area contributed by atoms with E-state index in [1.807, 2.05) is 6.92 Å². The first-order valence-corrected chi connectivity index (χ1v) is 8.88. The van der Waals surface area contributed by atoms with Crippen molar-refractivity contribution in [2.24, 2.45) is 5.73 Å². The summed E-state index contributed by atoms with van der Waals surface area (Å²) in [7, 11) is 1.22. The van der Waals surface area contributed by atoms with Crippen LogP contribution in [0.25, 0.3) is 0 Å². The van der Waals surface area contributed by atoms with Crippen LogP contribution in [0, 0.1) is 0 Å². The number of rotatable bonds is 13. The molecule has 29 heavy (non-hydrogen) atoms. The van der Waals surface area contributed by atoms with Crippen molar-refractivity contribution in [3.05, 3.63) is 11.9 Å². The number of nitrogens with zero attached hydrogens (tertiary/aromatic N) is 3. The SMILES string of the molecule is CCCC(NC(=O)NC(COC=O)Cn1cc(C(N)CC(=O)O)nn1)C(=O)OC. The van der Waals surface area contributed by atoms with Crippen LogP contribution in [0.2, 0.25) is 0 Å². The molecule has 13 nitrogen and oxygen atoms in total. The van der Waals surface area contributed by atoms with Crippen molar-refractivity contribution < 1.29 is 33.8 Å². The largest absolute Gasteiger partial charge is 0.481 e. The van der Waals surface area contributed by atoms with Gasteiger partial charge in [-0.2, -0.15) is 0 Å². The lowest BCUT2D eigenvalue weighted by molar-refractivity contribution is -0.143. The summed E-state index contributed by atoms with van der Waals surface area (Å²) >= 11 is 0. The molecule has 0 bridgehead atoms. The zero-order valence-electron chi connectivity index (χ0n) is 16.2. The van der Waals surface area contributed by atoms with Crippen molar-refractivity contribution in [2.45, 2.75) is 50.9 Å². The number of aromatic nitrogens is 3. The summed E-state index contributed by atoms with van der Waals surface area (Å²) in [5.41, 5.74) is 6.00. The topological polar surface area (TPSA) is 188 Å². The highest BCUT2D eigenvalue weighted by molar-refractivity contribution is 5.83. The molecule has 0 aliphatic heterocycles. The van der Waals surface area contributed by atoms with Gasteiger partial charge in [0.25, 0.3) is 6.47 Å². The van der Waals surface area contributed by atoms with Crippen LogP contribution in [-0.2, 0) is 30.4 Å². The van der Waals surface area contributed by atoms with Gasteiger partial charge < -0.3 is 30.9 Å². The van der Waals surface area contributed by atoms with Crippen LogP contribution in [0.1, 0.15) is 37.9 Å². The van der Waals surface area contributed by atoms with Crippen molar-refractivity contribution in [3.8, 4) is 0 Å². The van der Waals surface area contributed by atoms with Crippen LogP contribution in [0.5, 0.6) is 0 Å². The van der Waals surface area contributed by atoms with Gasteiger partial charge in [-0.05, 0) is 6.42 Å². The fourth-order valence-corrected chi connectivity index (χ4v) is 2.45. The Kier molecular flexibility index (Phi) is 10.1. The molecular formula is C16H26N6O7. The standard InChI is InChI=1S/C16H26N6O7/c1-3-4-12(15(26)28-2)19-16(27)18-10(8-29-9-23)6-22-7-13(20-21-22)11(17)5-14(24)25/h7,9-12H,3-6,8,17H2,1-2H3,(H,24,25)(H2,18,19,27). The van der Waals surface area contributed by atoms with E-state index in [0.717, 1.165) is 0 Å². The third-order valence-electron chi connectivity index (χ3n) is 3.81. The number of nitrogens with one attached hydrogen (secondary N) is 2. The van der Waals surface area contributed by atoms with Crippen molar-refractivity contribution >= 4 is 24.4 Å². The molecule has 0 aliphatic carbocycles. The molecule has 0 radical (unpaired) electrons. The maximum absolute atomic E-state index is 12.2. The minimum atomic E-state index is -1.07. The lowest BCUT2D eigenvalue weighted by Gasteiger charge is -2.21. The Labute approximate surface area is 166 Å². The van der Waals surface area contributed by atoms with Crippen LogP contribution >= 0.6 is 0 Å². The van der Waals surface area contributed by atoms with E-state index in [0.29, 0.717) is 12.8 Å². The van der Waals surface area contributed by atoms with Crippen LogP contribution < -0.4 is 16.4 Å². The molecule has 1 aromatic heterocycles. The number of hydrogen-bond donors (Lipinski definition) is 4. The van der Waals surface area contributed by atoms with E-state index in [2.05, 4.69) is 25.7 Å². The summed E-state index contributed by atoms with van der Waals surface area (Å²) in [6.45, 7) is 1.98. The van der Waals surface area contributed by atoms with Gasteiger partial charge in [0.1, 0.15) is 12.6 Å². The predicted octanol–water partition coefficient (Wildman–Crippen LogP) is -1.06. The molecule has 0 aromatic carbocycles. The molecule has 1 aromatic rings. The molecule has 0 spiro atoms. The molecule has 162 valence electrons. The van der Waals surface area contributed by atoms with Gasteiger partial charge in [-0.3, -0.25) is 14.3 Å². The monoisotopic (exact) mass is 414 g/mol. The number of carboxylic acid groups (broad SMARTS) is 1. The minimum absolute atomic E-state index is 0.0602. The Morgan fingerprint density at radius 1 is 1.38 bits per heavy atom. The molecule has 3 unspecified atom stereocenters. The zero-order valence-corrected chi connectivity index (χ0v) is 16.2. The van der Waals surface area contributed by atoms with Gasteiger partial charge in [-0.25, -0.2) is 9.59 Å². The average Bonchev–Trinajstić information content (AvgIpc) is 3.13. The maximum Gasteiger partial charge on any atom is 0.328 e. The number of aliphatic carboxylic acids is 1. The molecular weight excluding hydrogens is 388 g/mol. The molecule has 2 amide bonds. The van der Waals surface area contributed by atoms with Crippen LogP contribution in [0.4, 0.5) is 4.79 Å². The number of esters is 1. The van der Waals surface area contributed by atoms with Gasteiger partial charge in [-0.1, -0.05) is 18.6 Å². The molecule has 5 N–H and O–H groups in total. The number of carboxylic acids is 1. The van der Waals surface area contributed by atoms with Crippen molar-refractivity contribution in [1.82, 2.24) is 25.6 Å². The fourth-order valence-electron chi connectivity index (χ4n) is 2.45. The second-order valence-electron chi connectivity index (χ2n) is 6.18. The highest BCUT2D eigenvalue weighted by atomic mass is 16.5. The number of carbonyl (C=O) groups excluding carboxylic acids is 3. The van der Waals surface area contributed by atoms with E-state index in [1.165, 1.54) is 18.0 Å². The summed E-state index contributed by atoms with van der Waals surface area (Å²) in [4.78, 5) is 45.2. The highest BCUT2D eigenvalue weighted by Crippen LogP contribution is 2.10. The van der Waals surface area contributed by atoms with Crippen LogP contribution in [-0.4, -0.2) is 70.3 Å². The van der Waals surface area contributed by atoms with Gasteiger partial charge in [0.2, 0.25) is 0 Å². The Morgan fingerprint density at radius 3 is 2.69 bits per heavy atom. The summed E-state index contributed by atoms with van der Waals surface area (Å²) in [5.74, 6) is -1.65. The van der Waals surface area contributed by atoms with E-state index >= 15 is 0 Å². The first-order chi connectivity index (χ1) is 13.8. The summed E-state index contributed by atoms with van der Waals surface area (Å²) in [6, 6.07) is -3.01. The van der Waals surface area contributed by atoms with E-state index in [9.17, 15) is 19.2 Å².